The number of carbonyl (C=O) groups excluding carboxylic acids is 2. The fourth-order valence-corrected chi connectivity index (χ4v) is 7.53. The summed E-state index contributed by atoms with van der Waals surface area (Å²) >= 11 is 0. The van der Waals surface area contributed by atoms with Gasteiger partial charge in [-0.15, -0.1) is 0 Å². The highest BCUT2D eigenvalue weighted by Crippen LogP contribution is 2.63. The number of amides is 2. The number of anilines is 1. The maximum atomic E-state index is 14.1. The van der Waals surface area contributed by atoms with Crippen molar-refractivity contribution in [1.29, 1.82) is 5.26 Å². The third-order valence-corrected chi connectivity index (χ3v) is 14.0. The van der Waals surface area contributed by atoms with Crippen molar-refractivity contribution in [3.8, 4) is 6.07 Å². The van der Waals surface area contributed by atoms with E-state index in [1.54, 1.807) is 12.1 Å². The number of carbonyl (C=O) groups is 2. The molecule has 37 heavy (non-hydrogen) atoms. The molecule has 2 aromatic rings. The summed E-state index contributed by atoms with van der Waals surface area (Å²) in [6, 6.07) is 12.9. The molecule has 0 aromatic heterocycles. The van der Waals surface area contributed by atoms with Gasteiger partial charge < -0.3 is 14.3 Å². The summed E-state index contributed by atoms with van der Waals surface area (Å²) in [4.78, 5) is 29.4. The minimum Gasteiger partial charge on any atom is -0.417 e. The van der Waals surface area contributed by atoms with E-state index in [4.69, 9.17) is 9.16 Å². The lowest BCUT2D eigenvalue weighted by Gasteiger charge is -2.38. The molecule has 7 nitrogen and oxygen atoms in total. The lowest BCUT2D eigenvalue weighted by molar-refractivity contribution is -0.137. The highest BCUT2D eigenvalue weighted by atomic mass is 28.4. The zero-order valence-electron chi connectivity index (χ0n) is 22.5. The van der Waals surface area contributed by atoms with Crippen molar-refractivity contribution in [2.75, 3.05) is 11.5 Å². The quantitative estimate of drug-likeness (QED) is 0.429. The lowest BCUT2D eigenvalue weighted by atomic mass is 9.64. The highest BCUT2D eigenvalue weighted by Gasteiger charge is 2.77. The second kappa shape index (κ2) is 8.47. The van der Waals surface area contributed by atoms with Gasteiger partial charge in [-0.1, -0.05) is 52.0 Å². The van der Waals surface area contributed by atoms with Crippen LogP contribution in [-0.4, -0.2) is 49.2 Å². The maximum absolute atomic E-state index is 14.1. The number of ether oxygens (including phenoxy) is 1. The van der Waals surface area contributed by atoms with E-state index in [9.17, 15) is 20.0 Å². The van der Waals surface area contributed by atoms with Crippen molar-refractivity contribution in [2.45, 2.75) is 82.4 Å². The summed E-state index contributed by atoms with van der Waals surface area (Å²) in [5, 5.41) is 22.2. The minimum absolute atomic E-state index is 0.0404. The van der Waals surface area contributed by atoms with Gasteiger partial charge in [0, 0.05) is 23.8 Å². The maximum Gasteiger partial charge on any atom is 0.240 e. The zero-order valence-corrected chi connectivity index (χ0v) is 23.5. The average molecular weight is 521 g/mol. The summed E-state index contributed by atoms with van der Waals surface area (Å²) in [6.45, 7) is 13.2. The molecule has 3 fully saturated rings. The van der Waals surface area contributed by atoms with Crippen LogP contribution in [0.3, 0.4) is 0 Å². The largest absolute Gasteiger partial charge is 0.417 e. The lowest BCUT2D eigenvalue weighted by Crippen LogP contribution is -2.51. The van der Waals surface area contributed by atoms with Crippen LogP contribution in [0.25, 0.3) is 10.8 Å². The molecule has 3 heterocycles. The molecule has 5 atom stereocenters. The first-order valence-corrected chi connectivity index (χ1v) is 16.1. The van der Waals surface area contributed by atoms with Crippen LogP contribution in [0, 0.1) is 23.2 Å². The Morgan fingerprint density at radius 2 is 1.78 bits per heavy atom. The smallest absolute Gasteiger partial charge is 0.240 e. The number of rotatable bonds is 6. The first kappa shape index (κ1) is 26.1. The van der Waals surface area contributed by atoms with Crippen molar-refractivity contribution in [1.82, 2.24) is 0 Å². The van der Waals surface area contributed by atoms with Crippen LogP contribution in [0.1, 0.15) is 52.5 Å². The molecule has 0 saturated carbocycles. The molecule has 196 valence electrons. The molecule has 3 saturated heterocycles. The van der Waals surface area contributed by atoms with E-state index in [0.29, 0.717) is 47.9 Å². The number of benzene rings is 2. The van der Waals surface area contributed by atoms with Crippen LogP contribution in [0.5, 0.6) is 0 Å². The Labute approximate surface area is 219 Å². The van der Waals surface area contributed by atoms with Crippen LogP contribution >= 0.6 is 0 Å². The van der Waals surface area contributed by atoms with Crippen molar-refractivity contribution >= 4 is 36.6 Å². The van der Waals surface area contributed by atoms with Crippen molar-refractivity contribution in [3.05, 3.63) is 42.0 Å². The van der Waals surface area contributed by atoms with Crippen molar-refractivity contribution < 1.29 is 23.9 Å². The number of hydrogen-bond acceptors (Lipinski definition) is 6. The van der Waals surface area contributed by atoms with Gasteiger partial charge in [-0.2, -0.15) is 5.26 Å². The van der Waals surface area contributed by atoms with E-state index in [-0.39, 0.29) is 16.9 Å². The average Bonchev–Trinajstić information content (AvgIpc) is 3.40. The fraction of sp³-hybridized carbons (Fsp3) is 0.552. The molecule has 1 unspecified atom stereocenters. The molecule has 0 radical (unpaired) electrons. The number of nitriles is 1. The molecule has 1 N–H and O–H groups in total. The zero-order chi connectivity index (χ0) is 27.0. The third kappa shape index (κ3) is 3.55. The second-order valence-electron chi connectivity index (χ2n) is 12.3. The van der Waals surface area contributed by atoms with E-state index in [1.165, 1.54) is 4.90 Å². The van der Waals surface area contributed by atoms with Crippen LogP contribution in [0.15, 0.2) is 36.4 Å². The molecule has 2 amide bonds. The van der Waals surface area contributed by atoms with Crippen molar-refractivity contribution in [3.63, 3.8) is 0 Å². The Hall–Kier alpha value is -2.57. The minimum atomic E-state index is -2.03. The first-order chi connectivity index (χ1) is 17.3. The normalized spacial score (nSPS) is 31.3. The van der Waals surface area contributed by atoms with Gasteiger partial charge in [0.25, 0.3) is 0 Å². The molecular formula is C29H36N2O5Si. The summed E-state index contributed by atoms with van der Waals surface area (Å²) in [5.41, 5.74) is -1.08. The number of hydrogen-bond donors (Lipinski definition) is 1. The molecule has 3 aliphatic rings. The first-order valence-electron chi connectivity index (χ1n) is 13.2. The Balaban J connectivity index is 1.54. The molecule has 0 aliphatic carbocycles. The summed E-state index contributed by atoms with van der Waals surface area (Å²) in [7, 11) is -2.03. The molecule has 8 heteroatoms. The molecule has 0 spiro atoms. The topological polar surface area (TPSA) is 99.9 Å². The molecule has 3 aliphatic heterocycles. The van der Waals surface area contributed by atoms with Gasteiger partial charge in [0.2, 0.25) is 11.8 Å². The summed E-state index contributed by atoms with van der Waals surface area (Å²) < 4.78 is 13.0. The standard InChI is InChI=1S/C29H36N2O5Si/c1-7-29-22(32)16-28(36-29,14-15-35-37(5,6)27(2,3)4)23-24(29)26(34)31(25(23)33)21-13-12-18(17-30)19-10-8-9-11-20(19)21/h8-13,22-24,32H,7,14-16H2,1-6H3/t22-,23+,24?,28+,29-/m0/s1. The molecule has 5 rings (SSSR count). The van der Waals surface area contributed by atoms with Gasteiger partial charge in [-0.3, -0.25) is 9.59 Å². The molecule has 2 aromatic carbocycles. The summed E-state index contributed by atoms with van der Waals surface area (Å²) in [6.07, 6.45) is 0.354. The van der Waals surface area contributed by atoms with Gasteiger partial charge in [-0.05, 0) is 43.1 Å². The van der Waals surface area contributed by atoms with Gasteiger partial charge in [0.15, 0.2) is 8.32 Å². The van der Waals surface area contributed by atoms with Crippen LogP contribution in [0.2, 0.25) is 18.1 Å². The summed E-state index contributed by atoms with van der Waals surface area (Å²) in [5.74, 6) is -2.06. The highest BCUT2D eigenvalue weighted by molar-refractivity contribution is 6.74. The number of fused-ring (bicyclic) bond motifs is 6. The van der Waals surface area contributed by atoms with E-state index >= 15 is 0 Å². The van der Waals surface area contributed by atoms with Gasteiger partial charge >= 0.3 is 0 Å². The van der Waals surface area contributed by atoms with E-state index in [0.717, 1.165) is 0 Å². The number of aliphatic hydroxyl groups is 1. The predicted octanol–water partition coefficient (Wildman–Crippen LogP) is 4.91. The molecular weight excluding hydrogens is 484 g/mol. The Morgan fingerprint density at radius 3 is 2.41 bits per heavy atom. The van der Waals surface area contributed by atoms with E-state index in [1.807, 2.05) is 31.2 Å². The number of aliphatic hydroxyl groups excluding tert-OH is 1. The fourth-order valence-electron chi connectivity index (χ4n) is 6.49. The number of nitrogens with zero attached hydrogens (tertiary/aromatic N) is 2. The van der Waals surface area contributed by atoms with Gasteiger partial charge in [0.05, 0.1) is 40.9 Å². The predicted molar refractivity (Wildman–Crippen MR) is 143 cm³/mol. The third-order valence-electron chi connectivity index (χ3n) is 9.50. The van der Waals surface area contributed by atoms with Gasteiger partial charge in [-0.25, -0.2) is 4.90 Å². The van der Waals surface area contributed by atoms with E-state index in [2.05, 4.69) is 39.9 Å². The Bertz CT molecular complexity index is 1330. The van der Waals surface area contributed by atoms with Crippen LogP contribution in [0.4, 0.5) is 5.69 Å². The Kier molecular flexibility index (Phi) is 5.96. The molecule has 2 bridgehead atoms. The van der Waals surface area contributed by atoms with Crippen LogP contribution in [-0.2, 0) is 18.8 Å². The van der Waals surface area contributed by atoms with Crippen molar-refractivity contribution in [2.24, 2.45) is 11.8 Å². The van der Waals surface area contributed by atoms with Gasteiger partial charge in [0.1, 0.15) is 5.60 Å². The SMILES string of the molecule is CC[C@]12O[C@](CCO[Si](C)(C)C(C)(C)C)(C[C@@H]1O)[C@H]1C(=O)N(c3ccc(C#N)c4ccccc34)C(=O)C12. The van der Waals surface area contributed by atoms with Crippen LogP contribution < -0.4 is 4.90 Å². The second-order valence-corrected chi connectivity index (χ2v) is 17.1. The number of imide groups is 1. The van der Waals surface area contributed by atoms with E-state index < -0.39 is 37.5 Å². The Morgan fingerprint density at radius 1 is 1.14 bits per heavy atom. The monoisotopic (exact) mass is 520 g/mol.